The maximum Gasteiger partial charge on any atom is 0.389 e. The molecule has 2 nitrogen and oxygen atoms in total. The number of carbonyl (C=O) groups is 1. The normalized spacial score (nSPS) is 20.5. The number of likely N-dealkylation sites (tertiary alicyclic amines) is 1. The van der Waals surface area contributed by atoms with Crippen LogP contribution in [0.4, 0.5) is 13.2 Å². The van der Waals surface area contributed by atoms with Crippen LogP contribution in [0.15, 0.2) is 30.3 Å². The SMILES string of the molecule is O=C1[C@H](CC(F)(F)F)CCN1Cc1ccccc1. The summed E-state index contributed by atoms with van der Waals surface area (Å²) in [4.78, 5) is 13.3. The summed E-state index contributed by atoms with van der Waals surface area (Å²) < 4.78 is 36.8. The average molecular weight is 257 g/mol. The Balaban J connectivity index is 1.95. The molecule has 0 bridgehead atoms. The molecule has 18 heavy (non-hydrogen) atoms. The van der Waals surface area contributed by atoms with Crippen LogP contribution < -0.4 is 0 Å². The molecule has 0 aliphatic carbocycles. The van der Waals surface area contributed by atoms with Crippen LogP contribution in [0.5, 0.6) is 0 Å². The van der Waals surface area contributed by atoms with Crippen molar-refractivity contribution in [3.63, 3.8) is 0 Å². The van der Waals surface area contributed by atoms with Crippen LogP contribution in [-0.2, 0) is 11.3 Å². The van der Waals surface area contributed by atoms with Gasteiger partial charge < -0.3 is 4.90 Å². The number of alkyl halides is 3. The van der Waals surface area contributed by atoms with E-state index in [0.717, 1.165) is 5.56 Å². The molecular weight excluding hydrogens is 243 g/mol. The van der Waals surface area contributed by atoms with E-state index in [2.05, 4.69) is 0 Å². The first-order chi connectivity index (χ1) is 8.46. The lowest BCUT2D eigenvalue weighted by molar-refractivity contribution is -0.154. The zero-order chi connectivity index (χ0) is 13.2. The second-order valence-corrected chi connectivity index (χ2v) is 4.55. The molecular formula is C13H14F3NO. The molecule has 98 valence electrons. The Morgan fingerprint density at radius 1 is 1.22 bits per heavy atom. The first-order valence-electron chi connectivity index (χ1n) is 5.85. The van der Waals surface area contributed by atoms with E-state index in [1.807, 2.05) is 30.3 Å². The molecule has 1 amide bonds. The summed E-state index contributed by atoms with van der Waals surface area (Å²) in [7, 11) is 0. The van der Waals surface area contributed by atoms with Gasteiger partial charge in [-0.05, 0) is 12.0 Å². The van der Waals surface area contributed by atoms with Crippen molar-refractivity contribution in [1.29, 1.82) is 0 Å². The number of hydrogen-bond donors (Lipinski definition) is 0. The molecule has 1 heterocycles. The van der Waals surface area contributed by atoms with Gasteiger partial charge in [-0.3, -0.25) is 4.79 Å². The van der Waals surface area contributed by atoms with Gasteiger partial charge in [0.1, 0.15) is 0 Å². The van der Waals surface area contributed by atoms with Crippen LogP contribution in [-0.4, -0.2) is 23.5 Å². The first-order valence-corrected chi connectivity index (χ1v) is 5.85. The van der Waals surface area contributed by atoms with Gasteiger partial charge in [-0.1, -0.05) is 30.3 Å². The lowest BCUT2D eigenvalue weighted by atomic mass is 10.0. The lowest BCUT2D eigenvalue weighted by Crippen LogP contribution is -2.28. The van der Waals surface area contributed by atoms with E-state index >= 15 is 0 Å². The molecule has 1 saturated heterocycles. The second-order valence-electron chi connectivity index (χ2n) is 4.55. The minimum absolute atomic E-state index is 0.297. The number of halogens is 3. The third-order valence-corrected chi connectivity index (χ3v) is 3.10. The van der Waals surface area contributed by atoms with Crippen LogP contribution in [0.3, 0.4) is 0 Å². The first kappa shape index (κ1) is 12.9. The van der Waals surface area contributed by atoms with E-state index in [0.29, 0.717) is 19.5 Å². The molecule has 1 aliphatic heterocycles. The summed E-state index contributed by atoms with van der Waals surface area (Å²) in [6.07, 6.45) is -4.97. The molecule has 1 aromatic rings. The van der Waals surface area contributed by atoms with Gasteiger partial charge in [-0.15, -0.1) is 0 Å². The summed E-state index contributed by atoms with van der Waals surface area (Å²) in [5.41, 5.74) is 0.943. The molecule has 1 atom stereocenters. The van der Waals surface area contributed by atoms with E-state index in [1.54, 1.807) is 0 Å². The monoisotopic (exact) mass is 257 g/mol. The van der Waals surface area contributed by atoms with E-state index in [4.69, 9.17) is 0 Å². The van der Waals surface area contributed by atoms with Gasteiger partial charge in [-0.25, -0.2) is 0 Å². The molecule has 0 radical (unpaired) electrons. The van der Waals surface area contributed by atoms with E-state index < -0.39 is 18.5 Å². The summed E-state index contributed by atoms with van der Waals surface area (Å²) in [5.74, 6) is -1.27. The van der Waals surface area contributed by atoms with Gasteiger partial charge in [-0.2, -0.15) is 13.2 Å². The van der Waals surface area contributed by atoms with Gasteiger partial charge in [0.15, 0.2) is 0 Å². The summed E-state index contributed by atoms with van der Waals surface area (Å²) in [5, 5.41) is 0. The molecule has 0 spiro atoms. The van der Waals surface area contributed by atoms with Crippen LogP contribution >= 0.6 is 0 Å². The molecule has 0 aromatic heterocycles. The number of amides is 1. The lowest BCUT2D eigenvalue weighted by Gasteiger charge is -2.17. The van der Waals surface area contributed by atoms with Crippen LogP contribution in [0.2, 0.25) is 0 Å². The van der Waals surface area contributed by atoms with Crippen molar-refractivity contribution < 1.29 is 18.0 Å². The highest BCUT2D eigenvalue weighted by atomic mass is 19.4. The van der Waals surface area contributed by atoms with Crippen LogP contribution in [0.1, 0.15) is 18.4 Å². The highest BCUT2D eigenvalue weighted by Crippen LogP contribution is 2.31. The van der Waals surface area contributed by atoms with Gasteiger partial charge in [0.05, 0.1) is 6.42 Å². The van der Waals surface area contributed by atoms with Gasteiger partial charge in [0.25, 0.3) is 0 Å². The van der Waals surface area contributed by atoms with Gasteiger partial charge in [0, 0.05) is 19.0 Å². The predicted molar refractivity (Wildman–Crippen MR) is 60.6 cm³/mol. The van der Waals surface area contributed by atoms with Crippen molar-refractivity contribution >= 4 is 5.91 Å². The second kappa shape index (κ2) is 5.00. The number of benzene rings is 1. The third kappa shape index (κ3) is 3.24. The zero-order valence-corrected chi connectivity index (χ0v) is 9.78. The Morgan fingerprint density at radius 2 is 1.89 bits per heavy atom. The van der Waals surface area contributed by atoms with Crippen LogP contribution in [0, 0.1) is 5.92 Å². The maximum absolute atomic E-state index is 12.3. The van der Waals surface area contributed by atoms with Gasteiger partial charge in [0.2, 0.25) is 5.91 Å². The van der Waals surface area contributed by atoms with Crippen molar-refractivity contribution in [2.24, 2.45) is 5.92 Å². The molecule has 0 saturated carbocycles. The third-order valence-electron chi connectivity index (χ3n) is 3.10. The largest absolute Gasteiger partial charge is 0.389 e. The highest BCUT2D eigenvalue weighted by Gasteiger charge is 2.40. The maximum atomic E-state index is 12.3. The quantitative estimate of drug-likeness (QED) is 0.815. The minimum Gasteiger partial charge on any atom is -0.338 e. The molecule has 0 N–H and O–H groups in total. The Labute approximate surface area is 103 Å². The standard InChI is InChI=1S/C13H14F3NO/c14-13(15,16)8-11-6-7-17(12(11)18)9-10-4-2-1-3-5-10/h1-5,11H,6-9H2/t11-/m0/s1. The Kier molecular flexibility index (Phi) is 3.59. The summed E-state index contributed by atoms with van der Waals surface area (Å²) in [6, 6.07) is 9.29. The smallest absolute Gasteiger partial charge is 0.338 e. The van der Waals surface area contributed by atoms with Crippen LogP contribution in [0.25, 0.3) is 0 Å². The minimum atomic E-state index is -4.26. The molecule has 1 fully saturated rings. The van der Waals surface area contributed by atoms with E-state index in [9.17, 15) is 18.0 Å². The fourth-order valence-corrected chi connectivity index (χ4v) is 2.23. The fraction of sp³-hybridized carbons (Fsp3) is 0.462. The fourth-order valence-electron chi connectivity index (χ4n) is 2.23. The molecule has 5 heteroatoms. The summed E-state index contributed by atoms with van der Waals surface area (Å²) in [6.45, 7) is 0.808. The Hall–Kier alpha value is -1.52. The van der Waals surface area contributed by atoms with Crippen molar-refractivity contribution in [1.82, 2.24) is 4.90 Å². The number of hydrogen-bond acceptors (Lipinski definition) is 1. The summed E-state index contributed by atoms with van der Waals surface area (Å²) >= 11 is 0. The van der Waals surface area contributed by atoms with Crippen molar-refractivity contribution in [3.8, 4) is 0 Å². The van der Waals surface area contributed by atoms with Crippen molar-refractivity contribution in [2.45, 2.75) is 25.6 Å². The Morgan fingerprint density at radius 3 is 2.50 bits per heavy atom. The van der Waals surface area contributed by atoms with Gasteiger partial charge >= 0.3 is 6.18 Å². The highest BCUT2D eigenvalue weighted by molar-refractivity contribution is 5.80. The molecule has 2 rings (SSSR count). The van der Waals surface area contributed by atoms with Crippen molar-refractivity contribution in [2.75, 3.05) is 6.54 Å². The van der Waals surface area contributed by atoms with E-state index in [1.165, 1.54) is 4.90 Å². The predicted octanol–water partition coefficient (Wildman–Crippen LogP) is 2.99. The zero-order valence-electron chi connectivity index (χ0n) is 9.78. The Bertz CT molecular complexity index is 416. The number of nitrogens with zero attached hydrogens (tertiary/aromatic N) is 1. The molecule has 0 unspecified atom stereocenters. The number of carbonyl (C=O) groups excluding carboxylic acids is 1. The molecule has 1 aliphatic rings. The van der Waals surface area contributed by atoms with E-state index in [-0.39, 0.29) is 5.91 Å². The average Bonchev–Trinajstić information content (AvgIpc) is 2.61. The number of rotatable bonds is 3. The van der Waals surface area contributed by atoms with Crippen molar-refractivity contribution in [3.05, 3.63) is 35.9 Å². The topological polar surface area (TPSA) is 20.3 Å². The molecule has 1 aromatic carbocycles.